The van der Waals surface area contributed by atoms with E-state index in [1.54, 1.807) is 30.5 Å². The van der Waals surface area contributed by atoms with Gasteiger partial charge in [0.2, 0.25) is 0 Å². The Bertz CT molecular complexity index is 1040. The van der Waals surface area contributed by atoms with E-state index in [1.165, 1.54) is 12.1 Å². The molecule has 0 amide bonds. The molecule has 0 aliphatic rings. The number of nitrogens with zero attached hydrogens (tertiary/aromatic N) is 2. The number of hydrogen-bond acceptors (Lipinski definition) is 4. The Balaban J connectivity index is 2.14. The van der Waals surface area contributed by atoms with E-state index in [1.807, 2.05) is 25.1 Å². The van der Waals surface area contributed by atoms with Crippen molar-refractivity contribution in [2.45, 2.75) is 11.8 Å². The lowest BCUT2D eigenvalue weighted by atomic mass is 10.1. The van der Waals surface area contributed by atoms with E-state index >= 15 is 0 Å². The molecule has 23 heavy (non-hydrogen) atoms. The summed E-state index contributed by atoms with van der Waals surface area (Å²) in [4.78, 5) is 4.20. The molecule has 5 nitrogen and oxygen atoms in total. The van der Waals surface area contributed by atoms with Crippen LogP contribution in [0.15, 0.2) is 59.6 Å². The van der Waals surface area contributed by atoms with Crippen LogP contribution in [0.1, 0.15) is 11.1 Å². The minimum absolute atomic E-state index is 0.0481. The van der Waals surface area contributed by atoms with E-state index in [4.69, 9.17) is 5.26 Å². The summed E-state index contributed by atoms with van der Waals surface area (Å²) in [5.74, 6) is 0. The maximum absolute atomic E-state index is 12.6. The number of benzene rings is 2. The molecule has 0 spiro atoms. The van der Waals surface area contributed by atoms with Crippen molar-refractivity contribution < 1.29 is 8.42 Å². The number of nitrogens with one attached hydrogen (secondary N) is 1. The van der Waals surface area contributed by atoms with E-state index in [0.717, 1.165) is 10.9 Å². The Kier molecular flexibility index (Phi) is 3.72. The summed E-state index contributed by atoms with van der Waals surface area (Å²) in [7, 11) is -3.88. The first-order valence-corrected chi connectivity index (χ1v) is 8.37. The summed E-state index contributed by atoms with van der Waals surface area (Å²) < 4.78 is 27.8. The van der Waals surface area contributed by atoms with Gasteiger partial charge in [-0.1, -0.05) is 18.2 Å². The van der Waals surface area contributed by atoms with Gasteiger partial charge in [-0.15, -0.1) is 0 Å². The van der Waals surface area contributed by atoms with Gasteiger partial charge in [-0.05, 0) is 42.8 Å². The van der Waals surface area contributed by atoms with Gasteiger partial charge in [0.05, 0.1) is 16.8 Å². The quantitative estimate of drug-likeness (QED) is 0.802. The van der Waals surface area contributed by atoms with Crippen molar-refractivity contribution in [1.29, 1.82) is 5.26 Å². The third-order valence-corrected chi connectivity index (χ3v) is 4.81. The second-order valence-corrected chi connectivity index (χ2v) is 6.75. The van der Waals surface area contributed by atoms with Gasteiger partial charge in [-0.2, -0.15) is 5.26 Å². The molecule has 0 aliphatic carbocycles. The first-order chi connectivity index (χ1) is 11.0. The Labute approximate surface area is 134 Å². The highest BCUT2D eigenvalue weighted by atomic mass is 32.2. The van der Waals surface area contributed by atoms with Gasteiger partial charge in [-0.3, -0.25) is 9.71 Å². The van der Waals surface area contributed by atoms with Gasteiger partial charge < -0.3 is 0 Å². The fourth-order valence-electron chi connectivity index (χ4n) is 2.41. The van der Waals surface area contributed by atoms with Crippen LogP contribution in [-0.4, -0.2) is 13.4 Å². The molecule has 6 heteroatoms. The molecule has 2 aromatic carbocycles. The number of fused-ring (bicyclic) bond motifs is 1. The van der Waals surface area contributed by atoms with E-state index < -0.39 is 10.0 Å². The first-order valence-electron chi connectivity index (χ1n) is 6.88. The highest BCUT2D eigenvalue weighted by Crippen LogP contribution is 2.26. The molecule has 0 aliphatic heterocycles. The molecule has 1 N–H and O–H groups in total. The van der Waals surface area contributed by atoms with Gasteiger partial charge in [0.1, 0.15) is 11.0 Å². The second kappa shape index (κ2) is 5.71. The molecule has 114 valence electrons. The van der Waals surface area contributed by atoms with Gasteiger partial charge >= 0.3 is 0 Å². The van der Waals surface area contributed by atoms with Gasteiger partial charge in [0, 0.05) is 11.6 Å². The molecule has 3 rings (SSSR count). The molecule has 0 atom stereocenters. The largest absolute Gasteiger partial charge is 0.277 e. The zero-order chi connectivity index (χ0) is 16.4. The Hall–Kier alpha value is -2.91. The second-order valence-electron chi connectivity index (χ2n) is 5.10. The molecule has 0 radical (unpaired) electrons. The van der Waals surface area contributed by atoms with Gasteiger partial charge in [0.15, 0.2) is 0 Å². The lowest BCUT2D eigenvalue weighted by molar-refractivity contribution is 0.601. The monoisotopic (exact) mass is 323 g/mol. The normalized spacial score (nSPS) is 11.1. The van der Waals surface area contributed by atoms with E-state index in [9.17, 15) is 8.42 Å². The number of aryl methyl sites for hydroxylation is 1. The molecule has 0 fully saturated rings. The molecule has 0 saturated carbocycles. The number of rotatable bonds is 3. The standard InChI is InChI=1S/C17H13N3O2S/c1-12-9-13-6-4-8-19-17(13)15(10-12)20-23(21,22)16-7-3-2-5-14(16)11-18/h2-10,20H,1H3. The number of aromatic nitrogens is 1. The summed E-state index contributed by atoms with van der Waals surface area (Å²) in [5, 5.41) is 9.96. The molecule has 0 saturated heterocycles. The Morgan fingerprint density at radius 3 is 2.70 bits per heavy atom. The number of anilines is 1. The van der Waals surface area contributed by atoms with E-state index in [2.05, 4.69) is 9.71 Å². The average Bonchev–Trinajstić information content (AvgIpc) is 2.54. The summed E-state index contributed by atoms with van der Waals surface area (Å²) in [6.45, 7) is 1.88. The van der Waals surface area contributed by atoms with Crippen molar-refractivity contribution in [2.75, 3.05) is 4.72 Å². The molecule has 1 heterocycles. The van der Waals surface area contributed by atoms with Crippen LogP contribution in [0.2, 0.25) is 0 Å². The van der Waals surface area contributed by atoms with Crippen molar-refractivity contribution >= 4 is 26.6 Å². The minimum atomic E-state index is -3.88. The summed E-state index contributed by atoms with van der Waals surface area (Å²) in [5.41, 5.74) is 1.98. The SMILES string of the molecule is Cc1cc(NS(=O)(=O)c2ccccc2C#N)c2ncccc2c1. The lowest BCUT2D eigenvalue weighted by Crippen LogP contribution is -2.15. The Morgan fingerprint density at radius 1 is 1.13 bits per heavy atom. The van der Waals surface area contributed by atoms with Crippen molar-refractivity contribution in [3.63, 3.8) is 0 Å². The van der Waals surface area contributed by atoms with Crippen LogP contribution in [0.3, 0.4) is 0 Å². The van der Waals surface area contributed by atoms with Gasteiger partial charge in [-0.25, -0.2) is 8.42 Å². The van der Waals surface area contributed by atoms with Crippen molar-refractivity contribution in [1.82, 2.24) is 4.98 Å². The number of pyridine rings is 1. The van der Waals surface area contributed by atoms with Crippen LogP contribution in [0.4, 0.5) is 5.69 Å². The van der Waals surface area contributed by atoms with Crippen molar-refractivity contribution in [3.05, 3.63) is 65.9 Å². The molecule has 1 aromatic heterocycles. The van der Waals surface area contributed by atoms with Crippen LogP contribution in [0.5, 0.6) is 0 Å². The maximum Gasteiger partial charge on any atom is 0.263 e. The van der Waals surface area contributed by atoms with Crippen LogP contribution >= 0.6 is 0 Å². The van der Waals surface area contributed by atoms with Crippen LogP contribution in [0, 0.1) is 18.3 Å². The third kappa shape index (κ3) is 2.87. The molecule has 0 bridgehead atoms. The summed E-state index contributed by atoms with van der Waals surface area (Å²) in [6, 6.07) is 15.3. The first kappa shape index (κ1) is 15.0. The topological polar surface area (TPSA) is 82.9 Å². The molecular weight excluding hydrogens is 310 g/mol. The smallest absolute Gasteiger partial charge is 0.263 e. The highest BCUT2D eigenvalue weighted by Gasteiger charge is 2.19. The van der Waals surface area contributed by atoms with E-state index in [-0.39, 0.29) is 10.5 Å². The highest BCUT2D eigenvalue weighted by molar-refractivity contribution is 7.92. The zero-order valence-electron chi connectivity index (χ0n) is 12.3. The van der Waals surface area contributed by atoms with Crippen LogP contribution in [0.25, 0.3) is 10.9 Å². The summed E-state index contributed by atoms with van der Waals surface area (Å²) >= 11 is 0. The average molecular weight is 323 g/mol. The fraction of sp³-hybridized carbons (Fsp3) is 0.0588. The van der Waals surface area contributed by atoms with Crippen LogP contribution < -0.4 is 4.72 Å². The van der Waals surface area contributed by atoms with E-state index in [0.29, 0.717) is 11.2 Å². The number of hydrogen-bond donors (Lipinski definition) is 1. The minimum Gasteiger partial charge on any atom is -0.277 e. The zero-order valence-corrected chi connectivity index (χ0v) is 13.1. The Morgan fingerprint density at radius 2 is 1.91 bits per heavy atom. The predicted molar refractivity (Wildman–Crippen MR) is 88.4 cm³/mol. The number of nitriles is 1. The third-order valence-electron chi connectivity index (χ3n) is 3.39. The number of sulfonamides is 1. The summed E-state index contributed by atoms with van der Waals surface area (Å²) in [6.07, 6.45) is 1.61. The fourth-order valence-corrected chi connectivity index (χ4v) is 3.63. The lowest BCUT2D eigenvalue weighted by Gasteiger charge is -2.12. The maximum atomic E-state index is 12.6. The molecular formula is C17H13N3O2S. The van der Waals surface area contributed by atoms with Crippen LogP contribution in [-0.2, 0) is 10.0 Å². The van der Waals surface area contributed by atoms with Crippen molar-refractivity contribution in [2.24, 2.45) is 0 Å². The molecule has 0 unspecified atom stereocenters. The van der Waals surface area contributed by atoms with Crippen molar-refractivity contribution in [3.8, 4) is 6.07 Å². The van der Waals surface area contributed by atoms with Gasteiger partial charge in [0.25, 0.3) is 10.0 Å². The predicted octanol–water partition coefficient (Wildman–Crippen LogP) is 3.22. The molecule has 3 aromatic rings.